The Morgan fingerprint density at radius 2 is 1.83 bits per heavy atom. The Hall–Kier alpha value is -3.29. The van der Waals surface area contributed by atoms with E-state index < -0.39 is 5.97 Å². The van der Waals surface area contributed by atoms with Crippen LogP contribution in [0.2, 0.25) is 0 Å². The number of Topliss-reactive ketones (excluding diaryl/α,β-unsaturated/α-hetero) is 1. The Labute approximate surface area is 168 Å². The van der Waals surface area contributed by atoms with Gasteiger partial charge >= 0.3 is 5.97 Å². The largest absolute Gasteiger partial charge is 0.493 e. The van der Waals surface area contributed by atoms with Crippen molar-refractivity contribution in [1.82, 2.24) is 4.98 Å². The molecule has 8 nitrogen and oxygen atoms in total. The number of nitrogens with one attached hydrogen (secondary N) is 2. The van der Waals surface area contributed by atoms with Gasteiger partial charge < -0.3 is 29.3 Å². The first kappa shape index (κ1) is 20.4. The van der Waals surface area contributed by atoms with Crippen LogP contribution < -0.4 is 14.2 Å². The standard InChI is InChI=1S/C21H24N2O6/c1-5-29-21(25)17-16(18(24)11-6-7-11)15(13(10-22)23-17)12-8-9-14(26-2)20(28-4)19(12)27-3/h8-11,22-23H,5-7H2,1-4H3. The second kappa shape index (κ2) is 8.38. The van der Waals surface area contributed by atoms with E-state index in [1.54, 1.807) is 19.1 Å². The third-order valence-electron chi connectivity index (χ3n) is 4.82. The predicted molar refractivity (Wildman–Crippen MR) is 107 cm³/mol. The number of ketones is 1. The van der Waals surface area contributed by atoms with E-state index in [1.165, 1.54) is 21.3 Å². The number of carbonyl (C=O) groups excluding carboxylic acids is 2. The minimum absolute atomic E-state index is 0.0501. The molecule has 0 radical (unpaired) electrons. The molecule has 1 heterocycles. The molecule has 0 spiro atoms. The first-order chi connectivity index (χ1) is 14.0. The lowest BCUT2D eigenvalue weighted by Gasteiger charge is -2.16. The van der Waals surface area contributed by atoms with Crippen LogP contribution in [0.3, 0.4) is 0 Å². The van der Waals surface area contributed by atoms with Crippen LogP contribution in [0.5, 0.6) is 17.2 Å². The Kier molecular flexibility index (Phi) is 5.91. The van der Waals surface area contributed by atoms with Gasteiger partial charge in [-0.05, 0) is 31.9 Å². The number of methoxy groups -OCH3 is 3. The third-order valence-corrected chi connectivity index (χ3v) is 4.82. The van der Waals surface area contributed by atoms with E-state index in [-0.39, 0.29) is 29.6 Å². The lowest BCUT2D eigenvalue weighted by atomic mass is 9.94. The number of H-pyrrole nitrogens is 1. The van der Waals surface area contributed by atoms with Gasteiger partial charge in [-0.2, -0.15) is 0 Å². The first-order valence-corrected chi connectivity index (χ1v) is 9.29. The summed E-state index contributed by atoms with van der Waals surface area (Å²) in [4.78, 5) is 28.6. The molecule has 29 heavy (non-hydrogen) atoms. The monoisotopic (exact) mass is 400 g/mol. The fourth-order valence-electron chi connectivity index (χ4n) is 3.36. The smallest absolute Gasteiger partial charge is 0.355 e. The number of esters is 1. The van der Waals surface area contributed by atoms with Gasteiger partial charge in [0.25, 0.3) is 0 Å². The summed E-state index contributed by atoms with van der Waals surface area (Å²) in [5, 5.41) is 7.84. The topological polar surface area (TPSA) is 111 Å². The SMILES string of the molecule is CCOC(=O)c1[nH]c(C=N)c(-c2ccc(OC)c(OC)c2OC)c1C(=O)C1CC1. The van der Waals surface area contributed by atoms with Crippen LogP contribution in [-0.2, 0) is 4.74 Å². The van der Waals surface area contributed by atoms with Crippen molar-refractivity contribution in [3.8, 4) is 28.4 Å². The Bertz CT molecular complexity index is 959. The van der Waals surface area contributed by atoms with E-state index in [0.29, 0.717) is 34.1 Å². The van der Waals surface area contributed by atoms with Crippen molar-refractivity contribution >= 4 is 18.0 Å². The summed E-state index contributed by atoms with van der Waals surface area (Å²) in [7, 11) is 4.47. The molecule has 0 bridgehead atoms. The molecule has 1 saturated carbocycles. The molecule has 2 aromatic rings. The summed E-state index contributed by atoms with van der Waals surface area (Å²) >= 11 is 0. The predicted octanol–water partition coefficient (Wildman–Crippen LogP) is 3.47. The molecular formula is C21H24N2O6. The fraction of sp³-hybridized carbons (Fsp3) is 0.381. The van der Waals surface area contributed by atoms with Crippen LogP contribution in [0.4, 0.5) is 0 Å². The summed E-state index contributed by atoms with van der Waals surface area (Å²) in [5.74, 6) is 0.235. The first-order valence-electron chi connectivity index (χ1n) is 9.29. The highest BCUT2D eigenvalue weighted by Crippen LogP contribution is 2.47. The van der Waals surface area contributed by atoms with Crippen LogP contribution in [0.25, 0.3) is 11.1 Å². The number of rotatable bonds is 9. The molecule has 3 rings (SSSR count). The van der Waals surface area contributed by atoms with E-state index in [9.17, 15) is 9.59 Å². The number of ether oxygens (including phenoxy) is 4. The number of carbonyl (C=O) groups is 2. The highest BCUT2D eigenvalue weighted by atomic mass is 16.5. The van der Waals surface area contributed by atoms with Gasteiger partial charge in [-0.15, -0.1) is 0 Å². The van der Waals surface area contributed by atoms with Crippen molar-refractivity contribution in [3.05, 3.63) is 29.1 Å². The van der Waals surface area contributed by atoms with Crippen LogP contribution in [0.1, 0.15) is 46.3 Å². The summed E-state index contributed by atoms with van der Waals surface area (Å²) in [6.07, 6.45) is 2.61. The van der Waals surface area contributed by atoms with Gasteiger partial charge in [0, 0.05) is 23.3 Å². The van der Waals surface area contributed by atoms with E-state index in [1.807, 2.05) is 0 Å². The maximum Gasteiger partial charge on any atom is 0.355 e. The quantitative estimate of drug-likeness (QED) is 0.379. The van der Waals surface area contributed by atoms with Crippen molar-refractivity contribution in [2.75, 3.05) is 27.9 Å². The molecule has 0 aliphatic heterocycles. The number of aromatic nitrogens is 1. The zero-order valence-corrected chi connectivity index (χ0v) is 16.9. The van der Waals surface area contributed by atoms with Crippen molar-refractivity contribution in [2.24, 2.45) is 5.92 Å². The van der Waals surface area contributed by atoms with Crippen molar-refractivity contribution in [3.63, 3.8) is 0 Å². The molecule has 1 aliphatic carbocycles. The molecule has 8 heteroatoms. The zero-order chi connectivity index (χ0) is 21.1. The number of hydrogen-bond acceptors (Lipinski definition) is 7. The minimum atomic E-state index is -0.634. The van der Waals surface area contributed by atoms with E-state index in [0.717, 1.165) is 19.1 Å². The van der Waals surface area contributed by atoms with Crippen LogP contribution in [0, 0.1) is 11.3 Å². The molecule has 0 unspecified atom stereocenters. The number of aromatic amines is 1. The second-order valence-electron chi connectivity index (χ2n) is 6.55. The van der Waals surface area contributed by atoms with Gasteiger partial charge in [0.2, 0.25) is 5.75 Å². The second-order valence-corrected chi connectivity index (χ2v) is 6.55. The zero-order valence-electron chi connectivity index (χ0n) is 16.9. The minimum Gasteiger partial charge on any atom is -0.493 e. The van der Waals surface area contributed by atoms with Crippen molar-refractivity contribution < 1.29 is 28.5 Å². The number of benzene rings is 1. The summed E-state index contributed by atoms with van der Waals surface area (Å²) < 4.78 is 21.5. The molecule has 0 amide bonds. The molecule has 0 saturated heterocycles. The Balaban J connectivity index is 2.33. The Morgan fingerprint density at radius 3 is 2.34 bits per heavy atom. The van der Waals surface area contributed by atoms with E-state index >= 15 is 0 Å². The third kappa shape index (κ3) is 3.57. The van der Waals surface area contributed by atoms with Crippen molar-refractivity contribution in [2.45, 2.75) is 19.8 Å². The lowest BCUT2D eigenvalue weighted by molar-refractivity contribution is 0.0516. The lowest BCUT2D eigenvalue weighted by Crippen LogP contribution is -2.13. The molecular weight excluding hydrogens is 376 g/mol. The van der Waals surface area contributed by atoms with Crippen LogP contribution in [-0.4, -0.2) is 50.9 Å². The average Bonchev–Trinajstić information content (AvgIpc) is 3.51. The summed E-state index contributed by atoms with van der Waals surface area (Å²) in [5.41, 5.74) is 1.50. The summed E-state index contributed by atoms with van der Waals surface area (Å²) in [6.45, 7) is 1.86. The highest BCUT2D eigenvalue weighted by Gasteiger charge is 2.38. The molecule has 2 N–H and O–H groups in total. The highest BCUT2D eigenvalue weighted by molar-refractivity contribution is 6.15. The van der Waals surface area contributed by atoms with Gasteiger partial charge in [0.1, 0.15) is 5.69 Å². The van der Waals surface area contributed by atoms with Gasteiger partial charge in [-0.25, -0.2) is 4.79 Å². The molecule has 1 aromatic heterocycles. The van der Waals surface area contributed by atoms with Gasteiger partial charge in [-0.1, -0.05) is 0 Å². The molecule has 1 fully saturated rings. The fourth-order valence-corrected chi connectivity index (χ4v) is 3.36. The van der Waals surface area contributed by atoms with E-state index in [2.05, 4.69) is 4.98 Å². The van der Waals surface area contributed by atoms with E-state index in [4.69, 9.17) is 24.4 Å². The average molecular weight is 400 g/mol. The van der Waals surface area contributed by atoms with Crippen LogP contribution >= 0.6 is 0 Å². The number of hydrogen-bond donors (Lipinski definition) is 2. The van der Waals surface area contributed by atoms with Gasteiger partial charge in [0.15, 0.2) is 17.3 Å². The maximum atomic E-state index is 13.1. The van der Waals surface area contributed by atoms with Gasteiger partial charge in [0.05, 0.1) is 39.2 Å². The normalized spacial score (nSPS) is 13.0. The molecule has 1 aromatic carbocycles. The van der Waals surface area contributed by atoms with Crippen LogP contribution in [0.15, 0.2) is 12.1 Å². The molecule has 154 valence electrons. The molecule has 1 aliphatic rings. The Morgan fingerprint density at radius 1 is 1.14 bits per heavy atom. The molecule has 0 atom stereocenters. The summed E-state index contributed by atoms with van der Waals surface area (Å²) in [6, 6.07) is 3.40. The van der Waals surface area contributed by atoms with Gasteiger partial charge in [-0.3, -0.25) is 4.79 Å². The van der Waals surface area contributed by atoms with Crippen molar-refractivity contribution in [1.29, 1.82) is 5.41 Å². The maximum absolute atomic E-state index is 13.1.